The number of aromatic nitrogens is 3. The van der Waals surface area contributed by atoms with Gasteiger partial charge in [-0.05, 0) is 47.5 Å². The highest BCUT2D eigenvalue weighted by molar-refractivity contribution is 9.10. The summed E-state index contributed by atoms with van der Waals surface area (Å²) in [7, 11) is 0. The number of nitrogens with zero attached hydrogens (tertiary/aromatic N) is 3. The van der Waals surface area contributed by atoms with Crippen LogP contribution in [0.4, 0.5) is 18.9 Å². The van der Waals surface area contributed by atoms with Gasteiger partial charge in [-0.25, -0.2) is 9.67 Å². The van der Waals surface area contributed by atoms with E-state index in [1.807, 2.05) is 12.1 Å². The normalized spacial score (nSPS) is 11.5. The van der Waals surface area contributed by atoms with E-state index in [-0.39, 0.29) is 38.8 Å². The summed E-state index contributed by atoms with van der Waals surface area (Å²) in [5, 5.41) is 6.98. The van der Waals surface area contributed by atoms with Crippen molar-refractivity contribution in [1.29, 1.82) is 0 Å². The number of fused-ring (bicyclic) bond motifs is 1. The largest absolute Gasteiger partial charge is 0.471 e. The minimum absolute atomic E-state index is 0.00897. The Morgan fingerprint density at radius 1 is 1.08 bits per heavy atom. The number of carbonyl (C=O) groups is 2. The molecule has 0 aliphatic heterocycles. The van der Waals surface area contributed by atoms with Crippen molar-refractivity contribution in [3.05, 3.63) is 93.7 Å². The van der Waals surface area contributed by atoms with Crippen LogP contribution in [0, 0.1) is 0 Å². The van der Waals surface area contributed by atoms with Crippen LogP contribution in [0.25, 0.3) is 21.3 Å². The zero-order valence-corrected chi connectivity index (χ0v) is 22.1. The van der Waals surface area contributed by atoms with Crippen molar-refractivity contribution in [3.8, 4) is 16.9 Å². The number of thiophene rings is 1. The zero-order valence-electron chi connectivity index (χ0n) is 19.7. The van der Waals surface area contributed by atoms with Crippen LogP contribution < -0.4 is 15.8 Å². The third kappa shape index (κ3) is 5.64. The smallest absolute Gasteiger partial charge is 0.433 e. The Bertz CT molecular complexity index is 1690. The number of ether oxygens (including phenoxy) is 1. The van der Waals surface area contributed by atoms with Crippen molar-refractivity contribution in [3.63, 3.8) is 0 Å². The Morgan fingerprint density at radius 3 is 2.46 bits per heavy atom. The number of anilines is 1. The molecule has 3 aromatic heterocycles. The van der Waals surface area contributed by atoms with Crippen molar-refractivity contribution in [1.82, 2.24) is 14.8 Å². The third-order valence-corrected chi connectivity index (χ3v) is 7.18. The third-order valence-electron chi connectivity index (χ3n) is 5.55. The highest BCUT2D eigenvalue weighted by Crippen LogP contribution is 2.43. The van der Waals surface area contributed by atoms with Gasteiger partial charge in [0.15, 0.2) is 12.4 Å². The second kappa shape index (κ2) is 10.5. The quantitative estimate of drug-likeness (QED) is 0.222. The lowest BCUT2D eigenvalue weighted by Crippen LogP contribution is -2.18. The molecular weight excluding hydrogens is 599 g/mol. The zero-order chi connectivity index (χ0) is 27.7. The van der Waals surface area contributed by atoms with Crippen LogP contribution in [-0.2, 0) is 12.9 Å². The number of pyridine rings is 1. The van der Waals surface area contributed by atoms with Gasteiger partial charge in [0.25, 0.3) is 11.8 Å². The van der Waals surface area contributed by atoms with E-state index in [0.29, 0.717) is 22.6 Å². The van der Waals surface area contributed by atoms with Crippen LogP contribution >= 0.6 is 27.3 Å². The number of hydrogen-bond acceptors (Lipinski definition) is 6. The molecule has 0 saturated heterocycles. The summed E-state index contributed by atoms with van der Waals surface area (Å²) in [6.07, 6.45) is -3.20. The fourth-order valence-electron chi connectivity index (χ4n) is 3.79. The molecule has 0 radical (unpaired) electrons. The lowest BCUT2D eigenvalue weighted by Gasteiger charge is -2.12. The van der Waals surface area contributed by atoms with E-state index < -0.39 is 23.7 Å². The van der Waals surface area contributed by atoms with Crippen molar-refractivity contribution >= 4 is 55.0 Å². The Balaban J connectivity index is 1.50. The average molecular weight is 616 g/mol. The molecule has 5 rings (SSSR count). The number of benzene rings is 2. The van der Waals surface area contributed by atoms with Gasteiger partial charge in [-0.1, -0.05) is 46.3 Å². The molecule has 3 heterocycles. The number of alkyl halides is 3. The first kappa shape index (κ1) is 26.4. The van der Waals surface area contributed by atoms with Crippen molar-refractivity contribution < 1.29 is 27.5 Å². The SMILES string of the molecule is NC(=O)c1sc2nc(C(F)(F)F)cc(-c3ccccc3)c2c1NC(=O)c1ccn(COc2ccc(Br)cc2)n1. The number of rotatable bonds is 7. The minimum Gasteiger partial charge on any atom is -0.471 e. The molecule has 0 atom stereocenters. The van der Waals surface area contributed by atoms with E-state index in [2.05, 4.69) is 31.3 Å². The minimum atomic E-state index is -4.73. The van der Waals surface area contributed by atoms with Crippen molar-refractivity contribution in [2.45, 2.75) is 12.9 Å². The molecule has 0 aliphatic rings. The summed E-state index contributed by atoms with van der Waals surface area (Å²) in [4.78, 5) is 28.9. The van der Waals surface area contributed by atoms with Crippen LogP contribution in [-0.4, -0.2) is 26.6 Å². The second-order valence-electron chi connectivity index (χ2n) is 8.19. The molecule has 0 aliphatic carbocycles. The highest BCUT2D eigenvalue weighted by atomic mass is 79.9. The molecule has 0 fully saturated rings. The van der Waals surface area contributed by atoms with Gasteiger partial charge < -0.3 is 15.8 Å². The Labute approximate surface area is 231 Å². The molecule has 39 heavy (non-hydrogen) atoms. The van der Waals surface area contributed by atoms with Gasteiger partial charge in [0.1, 0.15) is 21.2 Å². The van der Waals surface area contributed by atoms with Crippen LogP contribution in [0.3, 0.4) is 0 Å². The molecule has 0 unspecified atom stereocenters. The molecule has 2 aromatic carbocycles. The standard InChI is InChI=1S/C26H17BrF3N5O3S/c27-15-6-8-16(9-7-15)38-13-35-11-10-18(34-35)24(37)33-21-20-17(14-4-2-1-3-5-14)12-19(26(28,29)30)32-25(20)39-22(21)23(31)36/h1-12H,13H2,(H2,31,36)(H,33,37). The molecule has 0 spiro atoms. The Morgan fingerprint density at radius 2 is 1.79 bits per heavy atom. The van der Waals surface area contributed by atoms with Gasteiger partial charge in [-0.2, -0.15) is 18.3 Å². The van der Waals surface area contributed by atoms with Gasteiger partial charge in [0, 0.05) is 16.1 Å². The van der Waals surface area contributed by atoms with E-state index in [1.54, 1.807) is 42.5 Å². The Kier molecular flexibility index (Phi) is 7.10. The van der Waals surface area contributed by atoms with Crippen LogP contribution in [0.2, 0.25) is 0 Å². The first-order chi connectivity index (χ1) is 18.6. The number of primary amides is 1. The summed E-state index contributed by atoms with van der Waals surface area (Å²) in [5.74, 6) is -1.03. The molecule has 13 heteroatoms. The second-order valence-corrected chi connectivity index (χ2v) is 10.1. The van der Waals surface area contributed by atoms with Crippen LogP contribution in [0.5, 0.6) is 5.75 Å². The van der Waals surface area contributed by atoms with Crippen molar-refractivity contribution in [2.24, 2.45) is 5.73 Å². The van der Waals surface area contributed by atoms with E-state index in [4.69, 9.17) is 10.5 Å². The first-order valence-electron chi connectivity index (χ1n) is 11.2. The van der Waals surface area contributed by atoms with Gasteiger partial charge in [0.2, 0.25) is 0 Å². The molecule has 0 saturated carbocycles. The fourth-order valence-corrected chi connectivity index (χ4v) is 5.06. The number of nitrogens with one attached hydrogen (secondary N) is 1. The summed E-state index contributed by atoms with van der Waals surface area (Å²) >= 11 is 4.01. The summed E-state index contributed by atoms with van der Waals surface area (Å²) in [5.41, 5.74) is 4.95. The number of hydrogen-bond donors (Lipinski definition) is 2. The average Bonchev–Trinajstić information content (AvgIpc) is 3.53. The number of nitrogens with two attached hydrogens (primary N) is 1. The number of amides is 2. The molecule has 3 N–H and O–H groups in total. The number of carbonyl (C=O) groups excluding carboxylic acids is 2. The lowest BCUT2D eigenvalue weighted by atomic mass is 10.0. The van der Waals surface area contributed by atoms with E-state index in [9.17, 15) is 22.8 Å². The van der Waals surface area contributed by atoms with Crippen molar-refractivity contribution in [2.75, 3.05) is 5.32 Å². The predicted octanol–water partition coefficient (Wildman–Crippen LogP) is 6.33. The maximum Gasteiger partial charge on any atom is 0.433 e. The van der Waals surface area contributed by atoms with Crippen LogP contribution in [0.1, 0.15) is 25.9 Å². The van der Waals surface area contributed by atoms with E-state index in [1.165, 1.54) is 16.9 Å². The molecule has 198 valence electrons. The first-order valence-corrected chi connectivity index (χ1v) is 12.8. The molecule has 8 nitrogen and oxygen atoms in total. The predicted molar refractivity (Wildman–Crippen MR) is 144 cm³/mol. The van der Waals surface area contributed by atoms with Gasteiger partial charge in [-0.3, -0.25) is 9.59 Å². The molecule has 2 amide bonds. The monoisotopic (exact) mass is 615 g/mol. The van der Waals surface area contributed by atoms with E-state index >= 15 is 0 Å². The van der Waals surface area contributed by atoms with Crippen LogP contribution in [0.15, 0.2) is 77.4 Å². The molecule has 5 aromatic rings. The summed E-state index contributed by atoms with van der Waals surface area (Å²) in [6.45, 7) is 0.0190. The fraction of sp³-hybridized carbons (Fsp3) is 0.0769. The summed E-state index contributed by atoms with van der Waals surface area (Å²) in [6, 6.07) is 17.8. The topological polar surface area (TPSA) is 112 Å². The van der Waals surface area contributed by atoms with Gasteiger partial charge in [0.05, 0.1) is 5.69 Å². The van der Waals surface area contributed by atoms with Gasteiger partial charge >= 0.3 is 6.18 Å². The maximum atomic E-state index is 13.7. The Hall–Kier alpha value is -4.23. The van der Waals surface area contributed by atoms with Gasteiger partial charge in [-0.15, -0.1) is 11.3 Å². The highest BCUT2D eigenvalue weighted by Gasteiger charge is 2.35. The number of halogens is 4. The molecular formula is C26H17BrF3N5O3S. The lowest BCUT2D eigenvalue weighted by molar-refractivity contribution is -0.140. The maximum absolute atomic E-state index is 13.7. The summed E-state index contributed by atoms with van der Waals surface area (Å²) < 4.78 is 48.9. The molecule has 0 bridgehead atoms. The van der Waals surface area contributed by atoms with E-state index in [0.717, 1.165) is 10.5 Å².